The Morgan fingerprint density at radius 1 is 0.964 bits per heavy atom. The van der Waals surface area contributed by atoms with Crippen LogP contribution in [0.2, 0.25) is 0 Å². The summed E-state index contributed by atoms with van der Waals surface area (Å²) in [5.74, 6) is 1.02. The average Bonchev–Trinajstić information content (AvgIpc) is 3.24. The topological polar surface area (TPSA) is 115 Å². The van der Waals surface area contributed by atoms with E-state index in [-0.39, 0.29) is 11.8 Å². The van der Waals surface area contributed by atoms with E-state index in [9.17, 15) is 15.3 Å². The molecule has 0 aliphatic heterocycles. The summed E-state index contributed by atoms with van der Waals surface area (Å²) < 4.78 is 0. The van der Waals surface area contributed by atoms with Crippen molar-refractivity contribution in [3.63, 3.8) is 0 Å². The van der Waals surface area contributed by atoms with Gasteiger partial charge in [0.1, 0.15) is 0 Å². The number of aromatic nitrogens is 4. The number of aliphatic hydroxyl groups excluding tert-OH is 2. The Hall–Kier alpha value is -1.05. The molecule has 1 aliphatic carbocycles. The lowest BCUT2D eigenvalue weighted by molar-refractivity contribution is 0.0185. The fourth-order valence-electron chi connectivity index (χ4n) is 4.64. The molecule has 7 heteroatoms. The molecule has 5 atom stereocenters. The smallest absolute Gasteiger partial charge is 0.174 e. The second-order valence-electron chi connectivity index (χ2n) is 8.97. The number of H-pyrrole nitrogens is 1. The highest BCUT2D eigenvalue weighted by Gasteiger charge is 2.41. The van der Waals surface area contributed by atoms with E-state index in [1.54, 1.807) is 0 Å². The summed E-state index contributed by atoms with van der Waals surface area (Å²) in [5.41, 5.74) is -0.665. The predicted octanol–water partition coefficient (Wildman–Crippen LogP) is 3.16. The Morgan fingerprint density at radius 2 is 1.68 bits per heavy atom. The van der Waals surface area contributed by atoms with Gasteiger partial charge in [0.25, 0.3) is 0 Å². The lowest BCUT2D eigenvalue weighted by Crippen LogP contribution is -2.29. The molecular weight excluding hydrogens is 356 g/mol. The first kappa shape index (κ1) is 23.2. The van der Waals surface area contributed by atoms with Gasteiger partial charge >= 0.3 is 0 Å². The molecule has 7 nitrogen and oxygen atoms in total. The number of rotatable bonds is 14. The molecule has 0 bridgehead atoms. The van der Waals surface area contributed by atoms with Crippen molar-refractivity contribution in [1.29, 1.82) is 0 Å². The van der Waals surface area contributed by atoms with Crippen LogP contribution >= 0.6 is 0 Å². The van der Waals surface area contributed by atoms with Crippen LogP contribution in [0.5, 0.6) is 0 Å². The van der Waals surface area contributed by atoms with E-state index in [1.165, 1.54) is 0 Å². The van der Waals surface area contributed by atoms with Crippen molar-refractivity contribution < 1.29 is 15.3 Å². The van der Waals surface area contributed by atoms with Gasteiger partial charge < -0.3 is 15.3 Å². The quantitative estimate of drug-likeness (QED) is 0.359. The number of nitrogens with one attached hydrogen (secondary N) is 1. The van der Waals surface area contributed by atoms with Crippen molar-refractivity contribution in [3.05, 3.63) is 5.82 Å². The molecule has 1 aromatic rings. The van der Waals surface area contributed by atoms with Crippen molar-refractivity contribution in [3.8, 4) is 0 Å². The fraction of sp³-hybridized carbons (Fsp3) is 0.952. The van der Waals surface area contributed by atoms with E-state index < -0.39 is 17.8 Å². The molecule has 1 fully saturated rings. The molecule has 5 unspecified atom stereocenters. The standard InChI is InChI=1S/C21H40N4O3/c1-3-4-9-13-21(2,28)14-12-17-16(18(26)15-19(17)27)10-7-5-6-8-11-20-22-24-25-23-20/h16-19,26-28H,3-15H2,1-2H3,(H,22,23,24,25). The minimum atomic E-state index is -0.665. The second kappa shape index (κ2) is 11.8. The van der Waals surface area contributed by atoms with E-state index in [2.05, 4.69) is 27.5 Å². The van der Waals surface area contributed by atoms with Crippen LogP contribution in [0.25, 0.3) is 0 Å². The molecule has 1 saturated carbocycles. The van der Waals surface area contributed by atoms with Gasteiger partial charge in [-0.05, 0) is 57.3 Å². The maximum Gasteiger partial charge on any atom is 0.174 e. The van der Waals surface area contributed by atoms with Gasteiger partial charge in [0.15, 0.2) is 5.82 Å². The van der Waals surface area contributed by atoms with E-state index in [0.29, 0.717) is 12.8 Å². The van der Waals surface area contributed by atoms with Gasteiger partial charge in [-0.25, -0.2) is 0 Å². The van der Waals surface area contributed by atoms with Crippen LogP contribution in [0.1, 0.15) is 96.7 Å². The molecule has 2 rings (SSSR count). The van der Waals surface area contributed by atoms with Crippen LogP contribution in [0.4, 0.5) is 0 Å². The van der Waals surface area contributed by atoms with Gasteiger partial charge in [-0.3, -0.25) is 0 Å². The van der Waals surface area contributed by atoms with Crippen LogP contribution in [0.3, 0.4) is 0 Å². The average molecular weight is 397 g/mol. The molecule has 4 N–H and O–H groups in total. The maximum atomic E-state index is 10.6. The van der Waals surface area contributed by atoms with E-state index in [0.717, 1.165) is 76.5 Å². The molecule has 28 heavy (non-hydrogen) atoms. The molecule has 0 spiro atoms. The molecule has 0 aromatic carbocycles. The fourth-order valence-corrected chi connectivity index (χ4v) is 4.64. The zero-order valence-corrected chi connectivity index (χ0v) is 17.7. The Bertz CT molecular complexity index is 524. The molecule has 0 amide bonds. The predicted molar refractivity (Wildman–Crippen MR) is 109 cm³/mol. The molecule has 0 saturated heterocycles. The first-order valence-electron chi connectivity index (χ1n) is 11.2. The summed E-state index contributed by atoms with van der Waals surface area (Å²) in [7, 11) is 0. The third-order valence-corrected chi connectivity index (χ3v) is 6.43. The molecule has 1 aliphatic rings. The molecule has 1 heterocycles. The Morgan fingerprint density at radius 3 is 2.36 bits per heavy atom. The number of hydrogen-bond acceptors (Lipinski definition) is 6. The van der Waals surface area contributed by atoms with E-state index >= 15 is 0 Å². The number of aromatic amines is 1. The van der Waals surface area contributed by atoms with E-state index in [4.69, 9.17) is 0 Å². The van der Waals surface area contributed by atoms with Gasteiger partial charge in [0.2, 0.25) is 0 Å². The zero-order valence-electron chi connectivity index (χ0n) is 17.7. The Kier molecular flexibility index (Phi) is 9.82. The third-order valence-electron chi connectivity index (χ3n) is 6.43. The van der Waals surface area contributed by atoms with Crippen molar-refractivity contribution >= 4 is 0 Å². The Labute approximate surface area is 169 Å². The van der Waals surface area contributed by atoms with Crippen LogP contribution in [-0.4, -0.2) is 53.8 Å². The summed E-state index contributed by atoms with van der Waals surface area (Å²) in [5, 5.41) is 45.4. The number of hydrogen-bond donors (Lipinski definition) is 4. The minimum absolute atomic E-state index is 0.104. The van der Waals surface area contributed by atoms with Gasteiger partial charge in [-0.2, -0.15) is 5.21 Å². The van der Waals surface area contributed by atoms with Gasteiger partial charge in [-0.15, -0.1) is 10.2 Å². The number of unbranched alkanes of at least 4 members (excludes halogenated alkanes) is 5. The van der Waals surface area contributed by atoms with Crippen molar-refractivity contribution in [2.24, 2.45) is 11.8 Å². The van der Waals surface area contributed by atoms with Crippen LogP contribution in [0.15, 0.2) is 0 Å². The Balaban J connectivity index is 1.68. The number of aryl methyl sites for hydroxylation is 1. The molecular formula is C21H40N4O3. The monoisotopic (exact) mass is 396 g/mol. The highest BCUT2D eigenvalue weighted by Crippen LogP contribution is 2.40. The largest absolute Gasteiger partial charge is 0.393 e. The SMILES string of the molecule is CCCCCC(C)(O)CCC1C(O)CC(O)C1CCCCCCc1nn[nH]n1. The summed E-state index contributed by atoms with van der Waals surface area (Å²) >= 11 is 0. The number of nitrogens with zero attached hydrogens (tertiary/aromatic N) is 3. The lowest BCUT2D eigenvalue weighted by atomic mass is 9.82. The minimum Gasteiger partial charge on any atom is -0.393 e. The van der Waals surface area contributed by atoms with Crippen LogP contribution in [0, 0.1) is 11.8 Å². The first-order valence-corrected chi connectivity index (χ1v) is 11.2. The summed E-state index contributed by atoms with van der Waals surface area (Å²) in [4.78, 5) is 0. The summed E-state index contributed by atoms with van der Waals surface area (Å²) in [6.45, 7) is 4.08. The number of aliphatic hydroxyl groups is 3. The van der Waals surface area contributed by atoms with E-state index in [1.807, 2.05) is 6.92 Å². The van der Waals surface area contributed by atoms with Crippen LogP contribution < -0.4 is 0 Å². The van der Waals surface area contributed by atoms with Crippen molar-refractivity contribution in [2.75, 3.05) is 0 Å². The second-order valence-corrected chi connectivity index (χ2v) is 8.97. The molecule has 1 aromatic heterocycles. The normalized spacial score (nSPS) is 27.2. The third kappa shape index (κ3) is 7.76. The summed E-state index contributed by atoms with van der Waals surface area (Å²) in [6, 6.07) is 0. The highest BCUT2D eigenvalue weighted by molar-refractivity contribution is 4.92. The van der Waals surface area contributed by atoms with Gasteiger partial charge in [-0.1, -0.05) is 50.7 Å². The molecule has 162 valence electrons. The number of tetrazole rings is 1. The van der Waals surface area contributed by atoms with Gasteiger partial charge in [0, 0.05) is 6.42 Å². The zero-order chi connectivity index (χ0) is 20.4. The van der Waals surface area contributed by atoms with Gasteiger partial charge in [0.05, 0.1) is 17.8 Å². The van der Waals surface area contributed by atoms with Crippen molar-refractivity contribution in [1.82, 2.24) is 20.6 Å². The lowest BCUT2D eigenvalue weighted by Gasteiger charge is -2.29. The van der Waals surface area contributed by atoms with Crippen molar-refractivity contribution in [2.45, 2.75) is 115 Å². The molecule has 0 radical (unpaired) electrons. The maximum absolute atomic E-state index is 10.6. The highest BCUT2D eigenvalue weighted by atomic mass is 16.3. The van der Waals surface area contributed by atoms with Crippen LogP contribution in [-0.2, 0) is 6.42 Å². The first-order chi connectivity index (χ1) is 13.4. The summed E-state index contributed by atoms with van der Waals surface area (Å²) in [6.07, 6.45) is 11.4.